The van der Waals surface area contributed by atoms with Crippen LogP contribution in [0.15, 0.2) is 59.7 Å². The van der Waals surface area contributed by atoms with Gasteiger partial charge in [0.25, 0.3) is 5.56 Å². The van der Waals surface area contributed by atoms with Crippen LogP contribution in [0.4, 0.5) is 0 Å². The van der Waals surface area contributed by atoms with Crippen molar-refractivity contribution in [3.05, 3.63) is 70.8 Å². The fraction of sp³-hybridized carbons (Fsp3) is 0.238. The molecule has 0 radical (unpaired) electrons. The molecule has 2 aromatic carbocycles. The average Bonchev–Trinajstić information content (AvgIpc) is 2.73. The number of aryl methyl sites for hydroxylation is 1. The van der Waals surface area contributed by atoms with Gasteiger partial charge in [-0.1, -0.05) is 12.1 Å². The van der Waals surface area contributed by atoms with Crippen LogP contribution < -0.4 is 10.3 Å². The molecule has 0 aliphatic rings. The highest BCUT2D eigenvalue weighted by molar-refractivity contribution is 6.00. The summed E-state index contributed by atoms with van der Waals surface area (Å²) in [5.74, 6) is -0.231. The van der Waals surface area contributed by atoms with Crippen LogP contribution in [0.5, 0.6) is 5.75 Å². The number of methoxy groups -OCH3 is 1. The molecular weight excluding hydrogens is 360 g/mol. The first-order valence-corrected chi connectivity index (χ1v) is 8.81. The average molecular weight is 380 g/mol. The Morgan fingerprint density at radius 2 is 1.82 bits per heavy atom. The lowest BCUT2D eigenvalue weighted by Crippen LogP contribution is -2.26. The van der Waals surface area contributed by atoms with Crippen LogP contribution in [0.1, 0.15) is 23.7 Å². The van der Waals surface area contributed by atoms with E-state index in [1.54, 1.807) is 48.5 Å². The Balaban J connectivity index is 1.60. The molecule has 1 heterocycles. The zero-order chi connectivity index (χ0) is 20.1. The summed E-state index contributed by atoms with van der Waals surface area (Å²) in [7, 11) is 1.54. The molecular formula is C21H20N2O5. The summed E-state index contributed by atoms with van der Waals surface area (Å²) in [6.07, 6.45) is 0.441. The number of carbonyl (C=O) groups is 2. The highest BCUT2D eigenvalue weighted by Gasteiger charge is 2.19. The van der Waals surface area contributed by atoms with Gasteiger partial charge in [0, 0.05) is 12.1 Å². The van der Waals surface area contributed by atoms with E-state index in [9.17, 15) is 14.4 Å². The summed E-state index contributed by atoms with van der Waals surface area (Å²) in [4.78, 5) is 41.1. The van der Waals surface area contributed by atoms with E-state index in [1.807, 2.05) is 0 Å². The number of fused-ring (bicyclic) bond motifs is 1. The summed E-state index contributed by atoms with van der Waals surface area (Å²) in [5.41, 5.74) is 0.807. The lowest BCUT2D eigenvalue weighted by Gasteiger charge is -2.13. The number of aromatic nitrogens is 2. The summed E-state index contributed by atoms with van der Waals surface area (Å²) < 4.78 is 11.6. The Bertz CT molecular complexity index is 1060. The second-order valence-electron chi connectivity index (χ2n) is 6.24. The van der Waals surface area contributed by atoms with Crippen molar-refractivity contribution in [3.63, 3.8) is 0 Å². The zero-order valence-corrected chi connectivity index (χ0v) is 15.6. The standard InChI is InChI=1S/C21H20N2O5/c1-14(20(25)15-7-9-16(27-2)10-8-15)28-19(24)11-12-23-13-22-18-6-4-3-5-17(18)21(23)26/h3-10,13-14H,11-12H2,1-2H3. The van der Waals surface area contributed by atoms with Crippen LogP contribution in [-0.2, 0) is 16.1 Å². The number of ketones is 1. The molecule has 3 aromatic rings. The lowest BCUT2D eigenvalue weighted by atomic mass is 10.1. The number of Topliss-reactive ketones (excluding diaryl/α,β-unsaturated/α-hetero) is 1. The van der Waals surface area contributed by atoms with Gasteiger partial charge in [-0.15, -0.1) is 0 Å². The van der Waals surface area contributed by atoms with Crippen LogP contribution in [0, 0.1) is 0 Å². The van der Waals surface area contributed by atoms with Crippen molar-refractivity contribution in [1.82, 2.24) is 9.55 Å². The second kappa shape index (κ2) is 8.47. The van der Waals surface area contributed by atoms with E-state index in [-0.39, 0.29) is 24.3 Å². The minimum atomic E-state index is -0.924. The summed E-state index contributed by atoms with van der Waals surface area (Å²) in [6, 6.07) is 13.6. The maximum atomic E-state index is 12.4. The van der Waals surface area contributed by atoms with Crippen molar-refractivity contribution in [2.45, 2.75) is 26.0 Å². The van der Waals surface area contributed by atoms with Crippen LogP contribution >= 0.6 is 0 Å². The highest BCUT2D eigenvalue weighted by atomic mass is 16.5. The summed E-state index contributed by atoms with van der Waals surface area (Å²) in [5, 5.41) is 0.487. The van der Waals surface area contributed by atoms with Gasteiger partial charge >= 0.3 is 5.97 Å². The van der Waals surface area contributed by atoms with E-state index in [0.717, 1.165) is 0 Å². The van der Waals surface area contributed by atoms with Gasteiger partial charge < -0.3 is 9.47 Å². The smallest absolute Gasteiger partial charge is 0.308 e. The van der Waals surface area contributed by atoms with Crippen molar-refractivity contribution < 1.29 is 19.1 Å². The zero-order valence-electron chi connectivity index (χ0n) is 15.6. The number of para-hydroxylation sites is 1. The number of nitrogens with zero attached hydrogens (tertiary/aromatic N) is 2. The van der Waals surface area contributed by atoms with Crippen molar-refractivity contribution in [1.29, 1.82) is 0 Å². The highest BCUT2D eigenvalue weighted by Crippen LogP contribution is 2.14. The molecule has 1 aromatic heterocycles. The Hall–Kier alpha value is -3.48. The van der Waals surface area contributed by atoms with Crippen LogP contribution in [-0.4, -0.2) is 34.5 Å². The molecule has 0 fully saturated rings. The molecule has 1 atom stereocenters. The Morgan fingerprint density at radius 1 is 1.11 bits per heavy atom. The lowest BCUT2D eigenvalue weighted by molar-refractivity contribution is -0.146. The molecule has 0 saturated carbocycles. The molecule has 7 heteroatoms. The molecule has 0 bridgehead atoms. The maximum absolute atomic E-state index is 12.4. The first kappa shape index (κ1) is 19.3. The third-order valence-electron chi connectivity index (χ3n) is 4.34. The summed E-state index contributed by atoms with van der Waals surface area (Å²) in [6.45, 7) is 1.65. The van der Waals surface area contributed by atoms with Gasteiger partial charge in [0.15, 0.2) is 6.10 Å². The summed E-state index contributed by atoms with van der Waals surface area (Å²) >= 11 is 0. The number of rotatable bonds is 7. The van der Waals surface area contributed by atoms with Crippen molar-refractivity contribution in [2.24, 2.45) is 0 Å². The van der Waals surface area contributed by atoms with E-state index in [2.05, 4.69) is 4.98 Å². The first-order chi connectivity index (χ1) is 13.5. The Labute approximate surface area is 161 Å². The van der Waals surface area contributed by atoms with E-state index < -0.39 is 12.1 Å². The van der Waals surface area contributed by atoms with Gasteiger partial charge in [0.1, 0.15) is 5.75 Å². The van der Waals surface area contributed by atoms with Gasteiger partial charge in [-0.2, -0.15) is 0 Å². The van der Waals surface area contributed by atoms with Gasteiger partial charge in [0.2, 0.25) is 5.78 Å². The molecule has 0 N–H and O–H groups in total. The molecule has 0 aliphatic carbocycles. The SMILES string of the molecule is COc1ccc(C(=O)C(C)OC(=O)CCn2cnc3ccccc3c2=O)cc1. The normalized spacial score (nSPS) is 11.8. The van der Waals surface area contributed by atoms with Gasteiger partial charge in [-0.25, -0.2) is 4.98 Å². The van der Waals surface area contributed by atoms with Gasteiger partial charge in [0.05, 0.1) is 30.8 Å². The fourth-order valence-electron chi connectivity index (χ4n) is 2.78. The number of carbonyl (C=O) groups excluding carboxylic acids is 2. The van der Waals surface area contributed by atoms with Crippen LogP contribution in [0.25, 0.3) is 10.9 Å². The van der Waals surface area contributed by atoms with E-state index in [0.29, 0.717) is 22.2 Å². The number of hydrogen-bond donors (Lipinski definition) is 0. The first-order valence-electron chi connectivity index (χ1n) is 8.81. The van der Waals surface area contributed by atoms with Gasteiger partial charge in [-0.3, -0.25) is 19.0 Å². The van der Waals surface area contributed by atoms with Crippen molar-refractivity contribution in [3.8, 4) is 5.75 Å². The quantitative estimate of drug-likeness (QED) is 0.462. The predicted molar refractivity (Wildman–Crippen MR) is 103 cm³/mol. The topological polar surface area (TPSA) is 87.5 Å². The van der Waals surface area contributed by atoms with Gasteiger partial charge in [-0.05, 0) is 43.3 Å². The third-order valence-corrected chi connectivity index (χ3v) is 4.34. The molecule has 0 saturated heterocycles. The monoisotopic (exact) mass is 380 g/mol. The predicted octanol–water partition coefficient (Wildman–Crippen LogP) is 2.61. The minimum absolute atomic E-state index is 0.0415. The third kappa shape index (κ3) is 4.25. The molecule has 144 valence electrons. The molecule has 0 aliphatic heterocycles. The molecule has 0 amide bonds. The number of hydrogen-bond acceptors (Lipinski definition) is 6. The molecule has 1 unspecified atom stereocenters. The minimum Gasteiger partial charge on any atom is -0.497 e. The van der Waals surface area contributed by atoms with Crippen LogP contribution in [0.3, 0.4) is 0 Å². The van der Waals surface area contributed by atoms with E-state index in [1.165, 1.54) is 24.9 Å². The Kier molecular flexibility index (Phi) is 5.84. The van der Waals surface area contributed by atoms with E-state index in [4.69, 9.17) is 9.47 Å². The van der Waals surface area contributed by atoms with Crippen LogP contribution in [0.2, 0.25) is 0 Å². The fourth-order valence-corrected chi connectivity index (χ4v) is 2.78. The molecule has 7 nitrogen and oxygen atoms in total. The molecule has 28 heavy (non-hydrogen) atoms. The van der Waals surface area contributed by atoms with Crippen molar-refractivity contribution in [2.75, 3.05) is 7.11 Å². The number of benzene rings is 2. The van der Waals surface area contributed by atoms with Crippen molar-refractivity contribution >= 4 is 22.7 Å². The largest absolute Gasteiger partial charge is 0.497 e. The molecule has 3 rings (SSSR count). The number of esters is 1. The second-order valence-corrected chi connectivity index (χ2v) is 6.24. The number of ether oxygens (including phenoxy) is 2. The molecule has 0 spiro atoms. The maximum Gasteiger partial charge on any atom is 0.308 e. The Morgan fingerprint density at radius 3 is 2.54 bits per heavy atom. The van der Waals surface area contributed by atoms with E-state index >= 15 is 0 Å².